The van der Waals surface area contributed by atoms with Crippen LogP contribution in [0, 0.1) is 0 Å². The number of amides is 3. The van der Waals surface area contributed by atoms with Crippen molar-refractivity contribution in [1.82, 2.24) is 10.2 Å². The lowest BCUT2D eigenvalue weighted by Gasteiger charge is -2.15. The Kier molecular flexibility index (Phi) is 5.46. The molecule has 5 nitrogen and oxygen atoms in total. The van der Waals surface area contributed by atoms with Crippen LogP contribution in [0.2, 0.25) is 0 Å². The molecule has 0 spiro atoms. The van der Waals surface area contributed by atoms with Gasteiger partial charge in [-0.2, -0.15) is 13.2 Å². The third-order valence-corrected chi connectivity index (χ3v) is 3.53. The number of carbonyl (C=O) groups excluding carboxylic acids is 2. The number of hydrogen-bond donors (Lipinski definition) is 2. The fourth-order valence-corrected chi connectivity index (χ4v) is 2.33. The van der Waals surface area contributed by atoms with Crippen molar-refractivity contribution in [3.05, 3.63) is 29.8 Å². The van der Waals surface area contributed by atoms with Crippen LogP contribution in [0.5, 0.6) is 0 Å². The molecule has 0 unspecified atom stereocenters. The quantitative estimate of drug-likeness (QED) is 0.816. The summed E-state index contributed by atoms with van der Waals surface area (Å²) < 4.78 is 37.2. The average Bonchev–Trinajstić information content (AvgIpc) is 2.89. The number of rotatable bonds is 5. The number of nitrogens with zero attached hydrogens (tertiary/aromatic N) is 1. The third kappa shape index (κ3) is 5.15. The van der Waals surface area contributed by atoms with Crippen molar-refractivity contribution in [3.8, 4) is 0 Å². The van der Waals surface area contributed by atoms with Gasteiger partial charge in [0, 0.05) is 31.7 Å². The molecule has 1 aliphatic rings. The fraction of sp³-hybridized carbons (Fsp3) is 0.467. The Morgan fingerprint density at radius 3 is 2.48 bits per heavy atom. The van der Waals surface area contributed by atoms with Crippen LogP contribution in [-0.2, 0) is 11.0 Å². The average molecular weight is 329 g/mol. The van der Waals surface area contributed by atoms with Gasteiger partial charge >= 0.3 is 12.2 Å². The first-order valence-electron chi connectivity index (χ1n) is 7.36. The van der Waals surface area contributed by atoms with Gasteiger partial charge in [-0.3, -0.25) is 4.79 Å². The van der Waals surface area contributed by atoms with Crippen molar-refractivity contribution >= 4 is 17.6 Å². The van der Waals surface area contributed by atoms with Crippen LogP contribution in [0.15, 0.2) is 24.3 Å². The standard InChI is InChI=1S/C15H18F3N3O2/c16-15(17,18)11-4-6-12(7-5-11)20-14(23)19-8-2-10-21-9-1-3-13(21)22/h4-7H,1-3,8-10H2,(H2,19,20,23). The molecular weight excluding hydrogens is 311 g/mol. The van der Waals surface area contributed by atoms with Crippen LogP contribution in [0.3, 0.4) is 0 Å². The zero-order chi connectivity index (χ0) is 16.9. The Balaban J connectivity index is 1.69. The SMILES string of the molecule is O=C(NCCCN1CCCC1=O)Nc1ccc(C(F)(F)F)cc1. The molecule has 1 aromatic rings. The van der Waals surface area contributed by atoms with Gasteiger partial charge in [0.2, 0.25) is 5.91 Å². The van der Waals surface area contributed by atoms with Gasteiger partial charge < -0.3 is 15.5 Å². The summed E-state index contributed by atoms with van der Waals surface area (Å²) in [6.45, 7) is 1.74. The molecular formula is C15H18F3N3O2. The maximum atomic E-state index is 12.4. The molecule has 0 saturated carbocycles. The van der Waals surface area contributed by atoms with Crippen molar-refractivity contribution in [1.29, 1.82) is 0 Å². The van der Waals surface area contributed by atoms with Crippen LogP contribution in [-0.4, -0.2) is 36.5 Å². The van der Waals surface area contributed by atoms with Crippen molar-refractivity contribution in [2.24, 2.45) is 0 Å². The Labute approximate surface area is 131 Å². The Morgan fingerprint density at radius 1 is 1.22 bits per heavy atom. The van der Waals surface area contributed by atoms with E-state index in [2.05, 4.69) is 10.6 Å². The first-order chi connectivity index (χ1) is 10.9. The van der Waals surface area contributed by atoms with Crippen molar-refractivity contribution in [3.63, 3.8) is 0 Å². The van der Waals surface area contributed by atoms with Gasteiger partial charge in [0.25, 0.3) is 0 Å². The molecule has 1 saturated heterocycles. The maximum absolute atomic E-state index is 12.4. The molecule has 0 atom stereocenters. The van der Waals surface area contributed by atoms with Gasteiger partial charge in [-0.1, -0.05) is 0 Å². The summed E-state index contributed by atoms with van der Waals surface area (Å²) in [5, 5.41) is 5.06. The molecule has 1 heterocycles. The lowest BCUT2D eigenvalue weighted by Crippen LogP contribution is -2.33. The molecule has 0 aliphatic carbocycles. The van der Waals surface area contributed by atoms with Crippen molar-refractivity contribution in [2.75, 3.05) is 25.0 Å². The summed E-state index contributed by atoms with van der Waals surface area (Å²) >= 11 is 0. The highest BCUT2D eigenvalue weighted by Gasteiger charge is 2.29. The van der Waals surface area contributed by atoms with Gasteiger partial charge in [-0.05, 0) is 37.1 Å². The normalized spacial score (nSPS) is 14.9. The number of halogens is 3. The number of anilines is 1. The van der Waals surface area contributed by atoms with E-state index in [1.165, 1.54) is 12.1 Å². The summed E-state index contributed by atoms with van der Waals surface area (Å²) in [7, 11) is 0. The van der Waals surface area contributed by atoms with Crippen LogP contribution >= 0.6 is 0 Å². The molecule has 1 aromatic carbocycles. The molecule has 1 aliphatic heterocycles. The lowest BCUT2D eigenvalue weighted by atomic mass is 10.2. The molecule has 23 heavy (non-hydrogen) atoms. The zero-order valence-corrected chi connectivity index (χ0v) is 12.4. The molecule has 0 radical (unpaired) electrons. The number of alkyl halides is 3. The molecule has 8 heteroatoms. The smallest absolute Gasteiger partial charge is 0.343 e. The molecule has 126 valence electrons. The molecule has 2 N–H and O–H groups in total. The second kappa shape index (κ2) is 7.34. The van der Waals surface area contributed by atoms with E-state index < -0.39 is 17.8 Å². The summed E-state index contributed by atoms with van der Waals surface area (Å²) in [4.78, 5) is 24.8. The highest BCUT2D eigenvalue weighted by Crippen LogP contribution is 2.29. The van der Waals surface area contributed by atoms with Crippen LogP contribution in [0.1, 0.15) is 24.8 Å². The fourth-order valence-electron chi connectivity index (χ4n) is 2.33. The minimum absolute atomic E-state index is 0.138. The number of carbonyl (C=O) groups is 2. The number of benzene rings is 1. The van der Waals surface area contributed by atoms with Crippen LogP contribution in [0.25, 0.3) is 0 Å². The summed E-state index contributed by atoms with van der Waals surface area (Å²) in [5.41, 5.74) is -0.482. The van der Waals surface area contributed by atoms with E-state index >= 15 is 0 Å². The van der Waals surface area contributed by atoms with Gasteiger partial charge in [0.05, 0.1) is 5.56 Å². The zero-order valence-electron chi connectivity index (χ0n) is 12.4. The molecule has 2 rings (SSSR count). The van der Waals surface area contributed by atoms with Crippen molar-refractivity contribution in [2.45, 2.75) is 25.4 Å². The van der Waals surface area contributed by atoms with Gasteiger partial charge in [0.1, 0.15) is 0 Å². The number of urea groups is 1. The largest absolute Gasteiger partial charge is 0.416 e. The summed E-state index contributed by atoms with van der Waals surface area (Å²) in [5.74, 6) is 0.138. The lowest BCUT2D eigenvalue weighted by molar-refractivity contribution is -0.137. The Morgan fingerprint density at radius 2 is 1.91 bits per heavy atom. The first-order valence-corrected chi connectivity index (χ1v) is 7.36. The monoisotopic (exact) mass is 329 g/mol. The highest BCUT2D eigenvalue weighted by molar-refractivity contribution is 5.89. The van der Waals surface area contributed by atoms with E-state index in [0.717, 1.165) is 25.1 Å². The minimum atomic E-state index is -4.40. The Hall–Kier alpha value is -2.25. The molecule has 0 bridgehead atoms. The summed E-state index contributed by atoms with van der Waals surface area (Å²) in [6.07, 6.45) is -2.30. The molecule has 0 aromatic heterocycles. The van der Waals surface area contributed by atoms with E-state index in [4.69, 9.17) is 0 Å². The van der Waals surface area contributed by atoms with Crippen LogP contribution < -0.4 is 10.6 Å². The highest BCUT2D eigenvalue weighted by atomic mass is 19.4. The van der Waals surface area contributed by atoms with E-state index in [0.29, 0.717) is 25.9 Å². The van der Waals surface area contributed by atoms with Crippen LogP contribution in [0.4, 0.5) is 23.7 Å². The molecule has 3 amide bonds. The topological polar surface area (TPSA) is 61.4 Å². The van der Waals surface area contributed by atoms with E-state index in [1.807, 2.05) is 0 Å². The first kappa shape index (κ1) is 17.1. The van der Waals surface area contributed by atoms with E-state index in [1.54, 1.807) is 4.90 Å². The van der Waals surface area contributed by atoms with E-state index in [-0.39, 0.29) is 11.6 Å². The van der Waals surface area contributed by atoms with Gasteiger partial charge in [-0.15, -0.1) is 0 Å². The van der Waals surface area contributed by atoms with E-state index in [9.17, 15) is 22.8 Å². The number of likely N-dealkylation sites (tertiary alicyclic amines) is 1. The van der Waals surface area contributed by atoms with Gasteiger partial charge in [-0.25, -0.2) is 4.79 Å². The van der Waals surface area contributed by atoms with Gasteiger partial charge in [0.15, 0.2) is 0 Å². The predicted molar refractivity (Wildman–Crippen MR) is 78.9 cm³/mol. The number of nitrogens with one attached hydrogen (secondary N) is 2. The predicted octanol–water partition coefficient (Wildman–Crippen LogP) is 2.84. The second-order valence-corrected chi connectivity index (χ2v) is 5.29. The summed E-state index contributed by atoms with van der Waals surface area (Å²) in [6, 6.07) is 3.73. The second-order valence-electron chi connectivity index (χ2n) is 5.29. The maximum Gasteiger partial charge on any atom is 0.416 e. The minimum Gasteiger partial charge on any atom is -0.343 e. The Bertz CT molecular complexity index is 558. The van der Waals surface area contributed by atoms with Crippen molar-refractivity contribution < 1.29 is 22.8 Å². The third-order valence-electron chi connectivity index (χ3n) is 3.53. The number of hydrogen-bond acceptors (Lipinski definition) is 2. The molecule has 1 fully saturated rings.